The van der Waals surface area contributed by atoms with Crippen LogP contribution in [0.15, 0.2) is 29.5 Å². The smallest absolute Gasteiger partial charge is 0.266 e. The van der Waals surface area contributed by atoms with Crippen molar-refractivity contribution in [3.8, 4) is 0 Å². The minimum absolute atomic E-state index is 0.00660. The fourth-order valence-electron chi connectivity index (χ4n) is 3.83. The molecule has 0 spiro atoms. The SMILES string of the molecule is CC(C)(C)c1ccc(=O)n(CC2CCCN2Cc2cncn2C2CC2)n1. The van der Waals surface area contributed by atoms with Crippen LogP contribution in [0, 0.1) is 0 Å². The molecule has 2 fully saturated rings. The summed E-state index contributed by atoms with van der Waals surface area (Å²) in [6.07, 6.45) is 8.80. The standard InChI is InChI=1S/C20H29N5O/c1-20(2,3)18-8-9-19(26)25(22-18)13-16-5-4-10-23(16)12-17-11-21-14-24(17)15-6-7-15/h8-9,11,14-16H,4-7,10,12-13H2,1-3H3. The summed E-state index contributed by atoms with van der Waals surface area (Å²) in [6.45, 7) is 9.05. The van der Waals surface area contributed by atoms with Gasteiger partial charge in [0.1, 0.15) is 0 Å². The summed E-state index contributed by atoms with van der Waals surface area (Å²) in [6, 6.07) is 4.54. The molecule has 4 rings (SSSR count). The molecule has 26 heavy (non-hydrogen) atoms. The third-order valence-electron chi connectivity index (χ3n) is 5.57. The summed E-state index contributed by atoms with van der Waals surface area (Å²) < 4.78 is 4.00. The van der Waals surface area contributed by atoms with Crippen molar-refractivity contribution in [3.05, 3.63) is 46.4 Å². The topological polar surface area (TPSA) is 56.0 Å². The van der Waals surface area contributed by atoms with Gasteiger partial charge in [0.25, 0.3) is 5.56 Å². The van der Waals surface area contributed by atoms with E-state index in [1.165, 1.54) is 25.0 Å². The summed E-state index contributed by atoms with van der Waals surface area (Å²) in [4.78, 5) is 19.2. The number of imidazole rings is 1. The predicted octanol–water partition coefficient (Wildman–Crippen LogP) is 2.74. The molecule has 0 amide bonds. The summed E-state index contributed by atoms with van der Waals surface area (Å²) >= 11 is 0. The first kappa shape index (κ1) is 17.5. The minimum Gasteiger partial charge on any atom is -0.330 e. The maximum atomic E-state index is 12.3. The Morgan fingerprint density at radius 3 is 2.73 bits per heavy atom. The number of likely N-dealkylation sites (tertiary alicyclic amines) is 1. The molecule has 1 saturated carbocycles. The van der Waals surface area contributed by atoms with Crippen LogP contribution in [-0.4, -0.2) is 36.8 Å². The molecule has 6 nitrogen and oxygen atoms in total. The molecular formula is C20H29N5O. The zero-order valence-electron chi connectivity index (χ0n) is 16.1. The van der Waals surface area contributed by atoms with E-state index in [4.69, 9.17) is 0 Å². The van der Waals surface area contributed by atoms with Gasteiger partial charge in [0.2, 0.25) is 0 Å². The van der Waals surface area contributed by atoms with E-state index in [1.807, 2.05) is 18.6 Å². The van der Waals surface area contributed by atoms with Gasteiger partial charge in [0.15, 0.2) is 0 Å². The predicted molar refractivity (Wildman–Crippen MR) is 101 cm³/mol. The molecule has 0 radical (unpaired) electrons. The highest BCUT2D eigenvalue weighted by Gasteiger charge is 2.30. The molecule has 2 aliphatic rings. The fourth-order valence-corrected chi connectivity index (χ4v) is 3.83. The highest BCUT2D eigenvalue weighted by Crippen LogP contribution is 2.36. The van der Waals surface area contributed by atoms with E-state index in [0.29, 0.717) is 18.6 Å². The number of rotatable bonds is 5. The molecule has 2 aromatic heterocycles. The van der Waals surface area contributed by atoms with E-state index < -0.39 is 0 Å². The Bertz CT molecular complexity index is 827. The van der Waals surface area contributed by atoms with Gasteiger partial charge in [-0.1, -0.05) is 20.8 Å². The highest BCUT2D eigenvalue weighted by atomic mass is 16.1. The largest absolute Gasteiger partial charge is 0.330 e. The molecule has 1 unspecified atom stereocenters. The maximum Gasteiger partial charge on any atom is 0.266 e. The molecule has 3 heterocycles. The van der Waals surface area contributed by atoms with Gasteiger partial charge in [-0.2, -0.15) is 5.10 Å². The Labute approximate surface area is 154 Å². The Kier molecular flexibility index (Phi) is 4.47. The van der Waals surface area contributed by atoms with Crippen molar-refractivity contribution in [1.29, 1.82) is 0 Å². The number of aromatic nitrogens is 4. The molecular weight excluding hydrogens is 326 g/mol. The van der Waals surface area contributed by atoms with Crippen molar-refractivity contribution in [3.63, 3.8) is 0 Å². The Balaban J connectivity index is 1.50. The van der Waals surface area contributed by atoms with E-state index in [1.54, 1.807) is 10.7 Å². The van der Waals surface area contributed by atoms with Gasteiger partial charge < -0.3 is 4.57 Å². The summed E-state index contributed by atoms with van der Waals surface area (Å²) in [5.41, 5.74) is 2.20. The van der Waals surface area contributed by atoms with Crippen molar-refractivity contribution >= 4 is 0 Å². The summed E-state index contributed by atoms with van der Waals surface area (Å²) in [7, 11) is 0. The van der Waals surface area contributed by atoms with Crippen LogP contribution in [0.3, 0.4) is 0 Å². The zero-order chi connectivity index (χ0) is 18.3. The lowest BCUT2D eigenvalue weighted by atomic mass is 9.92. The van der Waals surface area contributed by atoms with Crippen molar-refractivity contribution < 1.29 is 0 Å². The Morgan fingerprint density at radius 1 is 1.19 bits per heavy atom. The maximum absolute atomic E-state index is 12.3. The second kappa shape index (κ2) is 6.65. The Hall–Kier alpha value is -1.95. The lowest BCUT2D eigenvalue weighted by molar-refractivity contribution is 0.211. The quantitative estimate of drug-likeness (QED) is 0.827. The highest BCUT2D eigenvalue weighted by molar-refractivity contribution is 5.11. The van der Waals surface area contributed by atoms with Gasteiger partial charge in [-0.05, 0) is 38.3 Å². The number of nitrogens with zero attached hydrogens (tertiary/aromatic N) is 5. The molecule has 1 saturated heterocycles. The molecule has 0 bridgehead atoms. The summed E-state index contributed by atoms with van der Waals surface area (Å²) in [5, 5.41) is 4.65. The van der Waals surface area contributed by atoms with Crippen LogP contribution >= 0.6 is 0 Å². The van der Waals surface area contributed by atoms with Gasteiger partial charge in [-0.15, -0.1) is 0 Å². The van der Waals surface area contributed by atoms with Crippen molar-refractivity contribution in [1.82, 2.24) is 24.2 Å². The second-order valence-corrected chi connectivity index (χ2v) is 8.78. The van der Waals surface area contributed by atoms with Gasteiger partial charge in [0, 0.05) is 36.3 Å². The number of hydrogen-bond donors (Lipinski definition) is 0. The van der Waals surface area contributed by atoms with Gasteiger partial charge >= 0.3 is 0 Å². The molecule has 6 heteroatoms. The van der Waals surface area contributed by atoms with E-state index in [-0.39, 0.29) is 11.0 Å². The third-order valence-corrected chi connectivity index (χ3v) is 5.57. The van der Waals surface area contributed by atoms with Gasteiger partial charge in [0.05, 0.1) is 24.3 Å². The molecule has 2 aromatic rings. The molecule has 1 atom stereocenters. The first-order valence-electron chi connectivity index (χ1n) is 9.75. The monoisotopic (exact) mass is 355 g/mol. The van der Waals surface area contributed by atoms with Gasteiger partial charge in [-0.3, -0.25) is 9.69 Å². The summed E-state index contributed by atoms with van der Waals surface area (Å²) in [5.74, 6) is 0. The molecule has 1 aliphatic heterocycles. The van der Waals surface area contributed by atoms with Crippen molar-refractivity contribution in [2.45, 2.75) is 77.0 Å². The lowest BCUT2D eigenvalue weighted by Crippen LogP contribution is -2.37. The van der Waals surface area contributed by atoms with Crippen LogP contribution in [-0.2, 0) is 18.5 Å². The fraction of sp³-hybridized carbons (Fsp3) is 0.650. The lowest BCUT2D eigenvalue weighted by Gasteiger charge is -2.26. The van der Waals surface area contributed by atoms with Crippen LogP contribution in [0.5, 0.6) is 0 Å². The van der Waals surface area contributed by atoms with E-state index in [0.717, 1.165) is 25.2 Å². The average molecular weight is 355 g/mol. The van der Waals surface area contributed by atoms with E-state index in [9.17, 15) is 4.79 Å². The first-order chi connectivity index (χ1) is 12.4. The van der Waals surface area contributed by atoms with Crippen LogP contribution in [0.4, 0.5) is 0 Å². The van der Waals surface area contributed by atoms with Crippen molar-refractivity contribution in [2.75, 3.05) is 6.54 Å². The van der Waals surface area contributed by atoms with Gasteiger partial charge in [-0.25, -0.2) is 9.67 Å². The minimum atomic E-state index is -0.0540. The molecule has 0 N–H and O–H groups in total. The van der Waals surface area contributed by atoms with Crippen LogP contribution < -0.4 is 5.56 Å². The van der Waals surface area contributed by atoms with Crippen LogP contribution in [0.2, 0.25) is 0 Å². The molecule has 0 aromatic carbocycles. The van der Waals surface area contributed by atoms with E-state index >= 15 is 0 Å². The third kappa shape index (κ3) is 3.61. The first-order valence-corrected chi connectivity index (χ1v) is 9.75. The normalized spacial score (nSPS) is 21.4. The van der Waals surface area contributed by atoms with Crippen molar-refractivity contribution in [2.24, 2.45) is 0 Å². The zero-order valence-corrected chi connectivity index (χ0v) is 16.1. The average Bonchev–Trinajstić information content (AvgIpc) is 3.17. The number of hydrogen-bond acceptors (Lipinski definition) is 4. The molecule has 140 valence electrons. The van der Waals surface area contributed by atoms with Crippen LogP contribution in [0.25, 0.3) is 0 Å². The second-order valence-electron chi connectivity index (χ2n) is 8.78. The molecule has 1 aliphatic carbocycles. The van der Waals surface area contributed by atoms with Crippen LogP contribution in [0.1, 0.15) is 63.9 Å². The Morgan fingerprint density at radius 2 is 2.00 bits per heavy atom. The van der Waals surface area contributed by atoms with E-state index in [2.05, 4.69) is 40.3 Å².